The SMILES string of the molecule is COC(=O)CO[C@H](O[C@@H]1[C@@H](O)[C@H](O[C@H]2CC[C@]3(C)[C@H]4CC=C5[C@@H]6CC(C)(C)CC[C@]6(C(=O)O[C@@H]6O[C@H](CO)[C@@H](O)[C@H](O)[C@H]6O)CC[C@@]5(C)[C@]4(C)CC[C@H]3C2(C)C)O[C@H](C(=O)OC)[C@H]1O)C(O)C(=O)OC. The molecule has 20 atom stereocenters. The third-order valence-corrected chi connectivity index (χ3v) is 18.9. The van der Waals surface area contributed by atoms with E-state index < -0.39 is 128 Å². The summed E-state index contributed by atoms with van der Waals surface area (Å²) in [6.07, 6.45) is -11.8. The number of carbonyl (C=O) groups is 4. The van der Waals surface area contributed by atoms with Crippen LogP contribution in [0.2, 0.25) is 0 Å². The fourth-order valence-corrected chi connectivity index (χ4v) is 14.6. The summed E-state index contributed by atoms with van der Waals surface area (Å²) < 4.78 is 49.6. The minimum Gasteiger partial charge on any atom is -0.467 e. The van der Waals surface area contributed by atoms with Crippen molar-refractivity contribution in [2.24, 2.45) is 50.2 Å². The predicted molar refractivity (Wildman–Crippen MR) is 241 cm³/mol. The van der Waals surface area contributed by atoms with E-state index in [1.165, 1.54) is 5.57 Å². The van der Waals surface area contributed by atoms with Crippen LogP contribution in [0.25, 0.3) is 0 Å². The molecule has 7 aliphatic rings. The van der Waals surface area contributed by atoms with E-state index in [1.807, 2.05) is 0 Å². The van der Waals surface area contributed by atoms with E-state index in [2.05, 4.69) is 64.0 Å². The van der Waals surface area contributed by atoms with Gasteiger partial charge in [0.1, 0.15) is 49.3 Å². The van der Waals surface area contributed by atoms with Gasteiger partial charge in [0.2, 0.25) is 12.4 Å². The normalized spacial score (nSPS) is 44.9. The van der Waals surface area contributed by atoms with Crippen molar-refractivity contribution in [1.29, 1.82) is 0 Å². The van der Waals surface area contributed by atoms with Crippen LogP contribution in [-0.4, -0.2) is 174 Å². The average Bonchev–Trinajstić information content (AvgIpc) is 3.32. The smallest absolute Gasteiger partial charge is 0.340 e. The topological polar surface area (TPSA) is 293 Å². The molecular weight excluding hydrogens is 921 g/mol. The number of rotatable bonds is 13. The van der Waals surface area contributed by atoms with Gasteiger partial charge in [-0.3, -0.25) is 4.79 Å². The molecule has 0 amide bonds. The summed E-state index contributed by atoms with van der Waals surface area (Å²) in [5.41, 5.74) is -0.995. The Morgan fingerprint density at radius 1 is 0.757 bits per heavy atom. The molecule has 0 spiro atoms. The number of aliphatic hydroxyl groups is 7. The highest BCUT2D eigenvalue weighted by Gasteiger charge is 2.70. The highest BCUT2D eigenvalue weighted by Crippen LogP contribution is 2.76. The zero-order valence-corrected chi connectivity index (χ0v) is 42.2. The fraction of sp³-hybridized carbons (Fsp3) is 0.880. The molecule has 0 aromatic heterocycles. The maximum absolute atomic E-state index is 14.7. The van der Waals surface area contributed by atoms with Gasteiger partial charge in [-0.2, -0.15) is 0 Å². The van der Waals surface area contributed by atoms with Gasteiger partial charge in [-0.1, -0.05) is 60.1 Å². The molecule has 1 unspecified atom stereocenters. The molecular formula is C50H78O20. The predicted octanol–water partition coefficient (Wildman–Crippen LogP) is 1.57. The second-order valence-corrected chi connectivity index (χ2v) is 23.2. The molecule has 0 bridgehead atoms. The molecule has 4 saturated carbocycles. The van der Waals surface area contributed by atoms with E-state index in [0.717, 1.165) is 59.9 Å². The highest BCUT2D eigenvalue weighted by molar-refractivity contribution is 5.79. The monoisotopic (exact) mass is 999 g/mol. The van der Waals surface area contributed by atoms with Gasteiger partial charge < -0.3 is 78.4 Å². The number of allylic oxidation sites excluding steroid dienone is 2. The lowest BCUT2D eigenvalue weighted by Gasteiger charge is -2.71. The van der Waals surface area contributed by atoms with E-state index >= 15 is 0 Å². The second-order valence-electron chi connectivity index (χ2n) is 23.2. The number of hydrogen-bond acceptors (Lipinski definition) is 20. The lowest BCUT2D eigenvalue weighted by molar-refractivity contribution is -0.346. The van der Waals surface area contributed by atoms with Crippen molar-refractivity contribution in [2.45, 2.75) is 193 Å². The van der Waals surface area contributed by atoms with Gasteiger partial charge in [0.25, 0.3) is 0 Å². The zero-order chi connectivity index (χ0) is 51.7. The molecule has 2 aliphatic heterocycles. The first-order valence-corrected chi connectivity index (χ1v) is 24.8. The second kappa shape index (κ2) is 20.1. The Kier molecular flexibility index (Phi) is 15.8. The molecule has 398 valence electrons. The molecule has 0 aromatic rings. The molecule has 0 aromatic carbocycles. The van der Waals surface area contributed by atoms with E-state index in [0.29, 0.717) is 25.7 Å². The van der Waals surface area contributed by atoms with Crippen LogP contribution in [-0.2, 0) is 61.8 Å². The van der Waals surface area contributed by atoms with Gasteiger partial charge in [0, 0.05) is 0 Å². The maximum Gasteiger partial charge on any atom is 0.340 e. The summed E-state index contributed by atoms with van der Waals surface area (Å²) in [5.74, 6) is -3.46. The molecule has 2 heterocycles. The third kappa shape index (κ3) is 9.15. The Hall–Kier alpha value is -2.86. The number of ether oxygens (including phenoxy) is 9. The van der Waals surface area contributed by atoms with Crippen molar-refractivity contribution in [1.82, 2.24) is 0 Å². The van der Waals surface area contributed by atoms with Crippen LogP contribution in [0.4, 0.5) is 0 Å². The van der Waals surface area contributed by atoms with Crippen molar-refractivity contribution in [3.05, 3.63) is 11.6 Å². The Labute approximate surface area is 409 Å². The Morgan fingerprint density at radius 3 is 2.09 bits per heavy atom. The van der Waals surface area contributed by atoms with Gasteiger partial charge in [0.15, 0.2) is 18.7 Å². The number of methoxy groups -OCH3 is 3. The molecule has 6 fully saturated rings. The van der Waals surface area contributed by atoms with Gasteiger partial charge >= 0.3 is 23.9 Å². The maximum atomic E-state index is 14.7. The third-order valence-electron chi connectivity index (χ3n) is 18.9. The molecule has 2 saturated heterocycles. The molecule has 7 rings (SSSR count). The van der Waals surface area contributed by atoms with Crippen LogP contribution in [0.5, 0.6) is 0 Å². The van der Waals surface area contributed by atoms with Crippen LogP contribution in [0.1, 0.15) is 113 Å². The minimum absolute atomic E-state index is 0.0818. The molecule has 5 aliphatic carbocycles. The molecule has 0 radical (unpaired) electrons. The minimum atomic E-state index is -2.15. The van der Waals surface area contributed by atoms with Crippen molar-refractivity contribution in [3.63, 3.8) is 0 Å². The van der Waals surface area contributed by atoms with Gasteiger partial charge in [-0.15, -0.1) is 0 Å². The summed E-state index contributed by atoms with van der Waals surface area (Å²) >= 11 is 0. The molecule has 20 heteroatoms. The van der Waals surface area contributed by atoms with Gasteiger partial charge in [-0.25, -0.2) is 14.4 Å². The van der Waals surface area contributed by atoms with Crippen molar-refractivity contribution >= 4 is 23.9 Å². The van der Waals surface area contributed by atoms with E-state index in [4.69, 9.17) is 33.2 Å². The zero-order valence-electron chi connectivity index (χ0n) is 42.2. The number of fused-ring (bicyclic) bond motifs is 7. The van der Waals surface area contributed by atoms with Gasteiger partial charge in [0.05, 0.1) is 39.5 Å². The molecule has 70 heavy (non-hydrogen) atoms. The number of esters is 4. The van der Waals surface area contributed by atoms with Crippen LogP contribution in [0, 0.1) is 50.2 Å². The summed E-state index contributed by atoms with van der Waals surface area (Å²) in [4.78, 5) is 52.1. The van der Waals surface area contributed by atoms with Gasteiger partial charge in [-0.05, 0) is 109 Å². The van der Waals surface area contributed by atoms with E-state index in [-0.39, 0.29) is 39.4 Å². The van der Waals surface area contributed by atoms with Crippen molar-refractivity contribution in [2.75, 3.05) is 34.5 Å². The van der Waals surface area contributed by atoms with Crippen LogP contribution in [0.3, 0.4) is 0 Å². The lowest BCUT2D eigenvalue weighted by Crippen LogP contribution is -2.66. The quantitative estimate of drug-likeness (QED) is 0.0453. The largest absolute Gasteiger partial charge is 0.467 e. The summed E-state index contributed by atoms with van der Waals surface area (Å²) in [6, 6.07) is 0. The summed E-state index contributed by atoms with van der Waals surface area (Å²) in [6.45, 7) is 14.4. The van der Waals surface area contributed by atoms with Crippen LogP contribution >= 0.6 is 0 Å². The number of aliphatic hydroxyl groups excluding tert-OH is 7. The first kappa shape index (κ1) is 54.9. The Bertz CT molecular complexity index is 1970. The Morgan fingerprint density at radius 2 is 1.44 bits per heavy atom. The van der Waals surface area contributed by atoms with E-state index in [1.54, 1.807) is 0 Å². The standard InChI is InChI=1S/C50H78O20/c1-45(2)17-19-50(44(61)70-42-33(55)32(54)31(53)26(22-51)66-42)20-18-48(6)24(25(50)21-45)11-12-28-47(5)15-14-29(46(3,4)27(47)13-16-49(28,48)7)67-43-35(57)37(34(56)38(69-43)40(60)64-10)68-41(36(58)39(59)63-9)65-23-30(52)62-8/h11,25-29,31-38,41-43,51,53-58H,12-23H2,1-10H3/t25-,26+,27-,28+,29-,31+,32-,33+,34-,35+,36?,37-,38-,41+,42-,43+,47-,48+,49+,50-/m0/s1. The number of hydrogen-bond donors (Lipinski definition) is 7. The first-order valence-electron chi connectivity index (χ1n) is 24.8. The fourth-order valence-electron chi connectivity index (χ4n) is 14.6. The molecule has 7 N–H and O–H groups in total. The summed E-state index contributed by atoms with van der Waals surface area (Å²) in [7, 11) is 3.19. The lowest BCUT2D eigenvalue weighted by atomic mass is 9.33. The van der Waals surface area contributed by atoms with Crippen LogP contribution in [0.15, 0.2) is 11.6 Å². The van der Waals surface area contributed by atoms with Crippen molar-refractivity contribution < 1.29 is 97.6 Å². The summed E-state index contributed by atoms with van der Waals surface area (Å²) in [5, 5.41) is 75.6. The Balaban J connectivity index is 1.13. The molecule has 20 nitrogen and oxygen atoms in total. The van der Waals surface area contributed by atoms with E-state index in [9.17, 15) is 54.9 Å². The van der Waals surface area contributed by atoms with Crippen molar-refractivity contribution in [3.8, 4) is 0 Å². The first-order chi connectivity index (χ1) is 32.7. The van der Waals surface area contributed by atoms with Crippen LogP contribution < -0.4 is 0 Å². The average molecular weight is 999 g/mol. The highest BCUT2D eigenvalue weighted by atomic mass is 16.7. The number of carbonyl (C=O) groups excluding carboxylic acids is 4.